The molecule has 0 bridgehead atoms. The first kappa shape index (κ1) is 27.5. The zero-order valence-corrected chi connectivity index (χ0v) is 22.0. The second kappa shape index (κ2) is 8.71. The number of aliphatic hydroxyl groups excluding tert-OH is 7. The smallest absolute Gasteiger partial charge is 0.315 e. The van der Waals surface area contributed by atoms with Crippen LogP contribution in [0.2, 0.25) is 0 Å². The Bertz CT molecular complexity index is 959. The van der Waals surface area contributed by atoms with E-state index in [0.29, 0.717) is 25.7 Å². The Balaban J connectivity index is 1.58. The topological polar surface area (TPSA) is 179 Å². The van der Waals surface area contributed by atoms with Crippen molar-refractivity contribution in [1.82, 2.24) is 0 Å². The van der Waals surface area contributed by atoms with Crippen LogP contribution < -0.4 is 0 Å². The van der Waals surface area contributed by atoms with Gasteiger partial charge in [-0.3, -0.25) is 4.79 Å². The van der Waals surface area contributed by atoms with Crippen LogP contribution in [0, 0.1) is 51.2 Å². The van der Waals surface area contributed by atoms with Crippen molar-refractivity contribution in [2.45, 2.75) is 89.8 Å². The van der Waals surface area contributed by atoms with E-state index in [1.807, 2.05) is 13.8 Å². The first-order chi connectivity index (χ1) is 17.2. The van der Waals surface area contributed by atoms with E-state index in [-0.39, 0.29) is 30.1 Å². The quantitative estimate of drug-likeness (QED) is 0.241. The number of aliphatic hydroxyl groups is 7. The molecule has 0 saturated heterocycles. The molecule has 5 aliphatic carbocycles. The molecule has 5 rings (SSSR count). The van der Waals surface area contributed by atoms with E-state index in [9.17, 15) is 45.6 Å². The second-order valence-electron chi connectivity index (χ2n) is 13.8. The highest BCUT2D eigenvalue weighted by Crippen LogP contribution is 2.69. The first-order valence-electron chi connectivity index (χ1n) is 13.8. The third kappa shape index (κ3) is 3.31. The van der Waals surface area contributed by atoms with Crippen LogP contribution in [0.3, 0.4) is 0 Å². The van der Waals surface area contributed by atoms with Gasteiger partial charge in [0.15, 0.2) is 0 Å². The van der Waals surface area contributed by atoms with Crippen LogP contribution in [0.4, 0.5) is 0 Å². The van der Waals surface area contributed by atoms with Crippen molar-refractivity contribution in [2.24, 2.45) is 51.2 Å². The predicted octanol–water partition coefficient (Wildman–Crippen LogP) is 0.281. The molecule has 37 heavy (non-hydrogen) atoms. The van der Waals surface area contributed by atoms with Crippen molar-refractivity contribution < 1.29 is 45.6 Å². The maximum absolute atomic E-state index is 12.8. The number of aliphatic carboxylic acids is 1. The van der Waals surface area contributed by atoms with Crippen molar-refractivity contribution >= 4 is 5.97 Å². The van der Waals surface area contributed by atoms with Crippen LogP contribution in [-0.4, -0.2) is 90.6 Å². The molecule has 5 aliphatic rings. The van der Waals surface area contributed by atoms with E-state index in [4.69, 9.17) is 0 Å². The van der Waals surface area contributed by atoms with Crippen LogP contribution in [0.15, 0.2) is 11.6 Å². The van der Waals surface area contributed by atoms with Crippen LogP contribution in [0.1, 0.15) is 59.3 Å². The summed E-state index contributed by atoms with van der Waals surface area (Å²) in [4.78, 5) is 12.8. The van der Waals surface area contributed by atoms with Gasteiger partial charge in [-0.05, 0) is 73.0 Å². The van der Waals surface area contributed by atoms with Gasteiger partial charge in [0.1, 0.15) is 5.41 Å². The van der Waals surface area contributed by atoms with Gasteiger partial charge in [-0.2, -0.15) is 0 Å². The Labute approximate surface area is 217 Å². The minimum atomic E-state index is -1.89. The van der Waals surface area contributed by atoms with Crippen LogP contribution in [0.5, 0.6) is 0 Å². The average molecular weight is 525 g/mol. The Morgan fingerprint density at radius 1 is 0.892 bits per heavy atom. The lowest BCUT2D eigenvalue weighted by molar-refractivity contribution is -0.240. The van der Waals surface area contributed by atoms with Gasteiger partial charge in [-0.15, -0.1) is 0 Å². The third-order valence-corrected chi connectivity index (χ3v) is 12.1. The summed E-state index contributed by atoms with van der Waals surface area (Å²) in [5.41, 5.74) is -3.43. The van der Waals surface area contributed by atoms with E-state index >= 15 is 0 Å². The highest BCUT2D eigenvalue weighted by Gasteiger charge is 2.71. The molecule has 0 aromatic carbocycles. The number of carboxylic acid groups (broad SMARTS) is 1. The van der Waals surface area contributed by atoms with Gasteiger partial charge < -0.3 is 40.9 Å². The molecule has 0 aromatic heterocycles. The number of hydrogen-bond acceptors (Lipinski definition) is 8. The molecule has 12 atom stereocenters. The number of rotatable bonds is 3. The van der Waals surface area contributed by atoms with Crippen LogP contribution in [-0.2, 0) is 4.79 Å². The molecule has 6 unspecified atom stereocenters. The fraction of sp³-hybridized carbons (Fsp3) is 0.893. The van der Waals surface area contributed by atoms with Crippen molar-refractivity contribution in [3.8, 4) is 0 Å². The number of carboxylic acids is 1. The molecule has 4 saturated carbocycles. The molecule has 0 heterocycles. The second-order valence-corrected chi connectivity index (χ2v) is 13.8. The van der Waals surface area contributed by atoms with E-state index in [0.717, 1.165) is 12.0 Å². The molecule has 8 N–H and O–H groups in total. The molecule has 0 radical (unpaired) electrons. The monoisotopic (exact) mass is 524 g/mol. The summed E-state index contributed by atoms with van der Waals surface area (Å²) in [5.74, 6) is -2.01. The summed E-state index contributed by atoms with van der Waals surface area (Å²) in [6.45, 7) is 4.88. The van der Waals surface area contributed by atoms with Gasteiger partial charge in [0.05, 0.1) is 43.7 Å². The molecule has 0 spiro atoms. The molecule has 0 amide bonds. The summed E-state index contributed by atoms with van der Waals surface area (Å²) in [7, 11) is 0. The lowest BCUT2D eigenvalue weighted by atomic mass is 9.39. The number of hydrogen-bond donors (Lipinski definition) is 8. The van der Waals surface area contributed by atoms with Gasteiger partial charge >= 0.3 is 5.97 Å². The van der Waals surface area contributed by atoms with E-state index < -0.39 is 77.3 Å². The minimum Gasteiger partial charge on any atom is -0.481 e. The van der Waals surface area contributed by atoms with Crippen molar-refractivity contribution in [1.29, 1.82) is 0 Å². The Morgan fingerprint density at radius 3 is 2.11 bits per heavy atom. The summed E-state index contributed by atoms with van der Waals surface area (Å²) in [6.07, 6.45) is -1.66. The van der Waals surface area contributed by atoms with Gasteiger partial charge in [-0.1, -0.05) is 32.4 Å². The average Bonchev–Trinajstić information content (AvgIpc) is 2.83. The number of carbonyl (C=O) groups is 1. The molecule has 210 valence electrons. The molecule has 4 fully saturated rings. The highest BCUT2D eigenvalue weighted by atomic mass is 16.4. The Morgan fingerprint density at radius 2 is 1.51 bits per heavy atom. The Hall–Kier alpha value is -1.07. The molecule has 0 aliphatic heterocycles. The summed E-state index contributed by atoms with van der Waals surface area (Å²) >= 11 is 0. The van der Waals surface area contributed by atoms with Gasteiger partial charge in [0, 0.05) is 11.3 Å². The normalized spacial score (nSPS) is 52.1. The molecule has 0 aromatic rings. The van der Waals surface area contributed by atoms with Crippen LogP contribution >= 0.6 is 0 Å². The molecular formula is C28H44O9. The SMILES string of the molecule is CC1(C)CC2C3=CCC4C5C[C@H](O)[C@H](O)C(CO)(CO)C5CCC4[C@]3(C)CC(O)[C@@]2(C(=O)O)[C@@H](O)[C@@H]1O. The fourth-order valence-electron chi connectivity index (χ4n) is 10.1. The van der Waals surface area contributed by atoms with Crippen molar-refractivity contribution in [2.75, 3.05) is 13.2 Å². The number of allylic oxidation sites excluding steroid dienone is 2. The maximum Gasteiger partial charge on any atom is 0.315 e. The molecule has 9 heteroatoms. The molecular weight excluding hydrogens is 480 g/mol. The highest BCUT2D eigenvalue weighted by molar-refractivity contribution is 5.79. The van der Waals surface area contributed by atoms with Crippen LogP contribution in [0.25, 0.3) is 0 Å². The standard InChI is InChI=1S/C28H44O9/c1-25(2)9-18-17-5-4-13-14-8-19(31)21(33)27(11-29,12-30)16(14)7-6-15(13)26(17,3)10-20(32)28(18,24(36)37)23(35)22(25)34/h5,13-16,18-23,29-35H,4,6-12H2,1-3H3,(H,36,37)/t13?,14?,15?,16?,18?,19-,20?,21-,22-,23-,26-,28+/m0/s1. The number of fused-ring (bicyclic) bond motifs is 7. The minimum absolute atomic E-state index is 0.0513. The van der Waals surface area contributed by atoms with E-state index in [2.05, 4.69) is 13.0 Å². The zero-order chi connectivity index (χ0) is 27.3. The zero-order valence-electron chi connectivity index (χ0n) is 22.0. The Kier molecular flexibility index (Phi) is 6.48. The van der Waals surface area contributed by atoms with Gasteiger partial charge in [-0.25, -0.2) is 0 Å². The van der Waals surface area contributed by atoms with E-state index in [1.165, 1.54) is 0 Å². The predicted molar refractivity (Wildman–Crippen MR) is 132 cm³/mol. The summed E-state index contributed by atoms with van der Waals surface area (Å²) < 4.78 is 0. The van der Waals surface area contributed by atoms with Crippen molar-refractivity contribution in [3.63, 3.8) is 0 Å². The van der Waals surface area contributed by atoms with Crippen molar-refractivity contribution in [3.05, 3.63) is 11.6 Å². The third-order valence-electron chi connectivity index (χ3n) is 12.1. The fourth-order valence-corrected chi connectivity index (χ4v) is 10.1. The largest absolute Gasteiger partial charge is 0.481 e. The lowest BCUT2D eigenvalue weighted by Crippen LogP contribution is -2.71. The summed E-state index contributed by atoms with van der Waals surface area (Å²) in [5, 5.41) is 86.1. The summed E-state index contributed by atoms with van der Waals surface area (Å²) in [6, 6.07) is 0. The maximum atomic E-state index is 12.8. The molecule has 9 nitrogen and oxygen atoms in total. The van der Waals surface area contributed by atoms with Gasteiger partial charge in [0.25, 0.3) is 0 Å². The lowest BCUT2D eigenvalue weighted by Gasteiger charge is -2.66. The first-order valence-corrected chi connectivity index (χ1v) is 13.8. The van der Waals surface area contributed by atoms with Gasteiger partial charge in [0.2, 0.25) is 0 Å². The van der Waals surface area contributed by atoms with E-state index in [1.54, 1.807) is 0 Å².